The number of morpholine rings is 2. The van der Waals surface area contributed by atoms with E-state index in [1.807, 2.05) is 49.4 Å². The van der Waals surface area contributed by atoms with Crippen LogP contribution in [0.4, 0.5) is 23.1 Å². The van der Waals surface area contributed by atoms with Crippen LogP contribution >= 0.6 is 0 Å². The standard InChI is InChI=1S/C31H34N6O3/c1-22-6-7-23(21-36-12-16-39-17-13-36)20-28(22)33-30(38)24-8-10-25(11-9-24)32-31-34-27-5-3-2-4-26(27)29(35-31)37-14-18-40-19-15-37/h2-11,20H,12-19,21H2,1H3,(H,33,38)(H,32,34,35). The van der Waals surface area contributed by atoms with Gasteiger partial charge in [0, 0.05) is 55.0 Å². The van der Waals surface area contributed by atoms with Crippen molar-refractivity contribution in [1.29, 1.82) is 0 Å². The molecule has 0 unspecified atom stereocenters. The van der Waals surface area contributed by atoms with Gasteiger partial charge >= 0.3 is 0 Å². The molecule has 0 atom stereocenters. The van der Waals surface area contributed by atoms with Crippen LogP contribution in [0.15, 0.2) is 66.7 Å². The number of carbonyl (C=O) groups is 1. The van der Waals surface area contributed by atoms with Gasteiger partial charge in [0.05, 0.1) is 31.9 Å². The molecule has 9 heteroatoms. The van der Waals surface area contributed by atoms with E-state index in [0.29, 0.717) is 24.7 Å². The fourth-order valence-electron chi connectivity index (χ4n) is 5.08. The van der Waals surface area contributed by atoms with Gasteiger partial charge in [0.1, 0.15) is 5.82 Å². The molecule has 2 aliphatic rings. The molecule has 2 N–H and O–H groups in total. The molecule has 206 valence electrons. The van der Waals surface area contributed by atoms with Crippen molar-refractivity contribution in [3.8, 4) is 0 Å². The minimum atomic E-state index is -0.144. The zero-order chi connectivity index (χ0) is 27.3. The topological polar surface area (TPSA) is 91.9 Å². The number of anilines is 4. The number of hydrogen-bond donors (Lipinski definition) is 2. The number of rotatable bonds is 7. The highest BCUT2D eigenvalue weighted by Gasteiger charge is 2.18. The van der Waals surface area contributed by atoms with E-state index in [1.54, 1.807) is 0 Å². The molecule has 0 aliphatic carbocycles. The van der Waals surface area contributed by atoms with Gasteiger partial charge in [0.15, 0.2) is 0 Å². The first-order valence-corrected chi connectivity index (χ1v) is 13.8. The number of benzene rings is 3. The number of aryl methyl sites for hydroxylation is 1. The molecule has 3 aromatic carbocycles. The minimum absolute atomic E-state index is 0.144. The van der Waals surface area contributed by atoms with Gasteiger partial charge in [-0.1, -0.05) is 24.3 Å². The van der Waals surface area contributed by atoms with E-state index >= 15 is 0 Å². The Morgan fingerprint density at radius 2 is 1.60 bits per heavy atom. The summed E-state index contributed by atoms with van der Waals surface area (Å²) in [5, 5.41) is 7.44. The SMILES string of the molecule is Cc1ccc(CN2CCOCC2)cc1NC(=O)c1ccc(Nc2nc(N3CCOCC3)c3ccccc3n2)cc1. The first-order valence-electron chi connectivity index (χ1n) is 13.8. The monoisotopic (exact) mass is 538 g/mol. The molecule has 6 rings (SSSR count). The Bertz CT molecular complexity index is 1480. The lowest BCUT2D eigenvalue weighted by Crippen LogP contribution is -2.37. The maximum Gasteiger partial charge on any atom is 0.255 e. The van der Waals surface area contributed by atoms with Crippen molar-refractivity contribution in [1.82, 2.24) is 14.9 Å². The maximum atomic E-state index is 13.1. The average molecular weight is 539 g/mol. The average Bonchev–Trinajstić information content (AvgIpc) is 3.00. The molecule has 3 heterocycles. The lowest BCUT2D eigenvalue weighted by molar-refractivity contribution is 0.0342. The summed E-state index contributed by atoms with van der Waals surface area (Å²) < 4.78 is 11.0. The molecule has 0 radical (unpaired) electrons. The summed E-state index contributed by atoms with van der Waals surface area (Å²) >= 11 is 0. The number of aromatic nitrogens is 2. The van der Waals surface area contributed by atoms with E-state index in [4.69, 9.17) is 19.4 Å². The van der Waals surface area contributed by atoms with Crippen LogP contribution in [-0.4, -0.2) is 73.4 Å². The maximum absolute atomic E-state index is 13.1. The van der Waals surface area contributed by atoms with Gasteiger partial charge < -0.3 is 25.0 Å². The van der Waals surface area contributed by atoms with E-state index < -0.39 is 0 Å². The molecule has 1 aromatic heterocycles. The van der Waals surface area contributed by atoms with Crippen LogP contribution in [-0.2, 0) is 16.0 Å². The first kappa shape index (κ1) is 26.2. The van der Waals surface area contributed by atoms with Crippen LogP contribution in [0.25, 0.3) is 10.9 Å². The zero-order valence-electron chi connectivity index (χ0n) is 22.7. The Morgan fingerprint density at radius 3 is 2.38 bits per heavy atom. The van der Waals surface area contributed by atoms with Crippen molar-refractivity contribution in [3.05, 3.63) is 83.4 Å². The largest absolute Gasteiger partial charge is 0.379 e. The second-order valence-corrected chi connectivity index (χ2v) is 10.2. The first-order chi connectivity index (χ1) is 19.6. The molecule has 4 aromatic rings. The predicted octanol–water partition coefficient (Wildman–Crippen LogP) is 4.60. The number of ether oxygens (including phenoxy) is 2. The fraction of sp³-hybridized carbons (Fsp3) is 0.323. The Hall–Kier alpha value is -4.05. The van der Waals surface area contributed by atoms with Gasteiger partial charge in [-0.2, -0.15) is 4.98 Å². The number of nitrogens with zero attached hydrogens (tertiary/aromatic N) is 4. The summed E-state index contributed by atoms with van der Waals surface area (Å²) in [4.78, 5) is 27.3. The normalized spacial score (nSPS) is 16.2. The van der Waals surface area contributed by atoms with Crippen molar-refractivity contribution >= 4 is 40.0 Å². The van der Waals surface area contributed by atoms with Crippen LogP contribution in [0.1, 0.15) is 21.5 Å². The van der Waals surface area contributed by atoms with Crippen LogP contribution < -0.4 is 15.5 Å². The number of fused-ring (bicyclic) bond motifs is 1. The van der Waals surface area contributed by atoms with Crippen molar-refractivity contribution in [2.45, 2.75) is 13.5 Å². The molecule has 2 fully saturated rings. The van der Waals surface area contributed by atoms with E-state index in [0.717, 1.165) is 79.6 Å². The van der Waals surface area contributed by atoms with E-state index in [9.17, 15) is 4.79 Å². The number of hydrogen-bond acceptors (Lipinski definition) is 8. The number of nitrogens with one attached hydrogen (secondary N) is 2. The molecule has 9 nitrogen and oxygen atoms in total. The van der Waals surface area contributed by atoms with Gasteiger partial charge in [-0.15, -0.1) is 0 Å². The lowest BCUT2D eigenvalue weighted by atomic mass is 10.1. The van der Waals surface area contributed by atoms with E-state index in [-0.39, 0.29) is 5.91 Å². The Balaban J connectivity index is 1.15. The molecule has 2 aliphatic heterocycles. The molecular formula is C31H34N6O3. The van der Waals surface area contributed by atoms with E-state index in [2.05, 4.69) is 44.7 Å². The summed E-state index contributed by atoms with van der Waals surface area (Å²) in [5.74, 6) is 1.28. The second-order valence-electron chi connectivity index (χ2n) is 10.2. The Morgan fingerprint density at radius 1 is 0.875 bits per heavy atom. The van der Waals surface area contributed by atoms with Crippen molar-refractivity contribution in [2.75, 3.05) is 68.1 Å². The third-order valence-corrected chi connectivity index (χ3v) is 7.36. The minimum Gasteiger partial charge on any atom is -0.379 e. The fourth-order valence-corrected chi connectivity index (χ4v) is 5.08. The van der Waals surface area contributed by atoms with Crippen LogP contribution in [0, 0.1) is 6.92 Å². The number of para-hydroxylation sites is 1. The molecule has 1 amide bonds. The van der Waals surface area contributed by atoms with Gasteiger partial charge in [-0.25, -0.2) is 4.98 Å². The third kappa shape index (κ3) is 6.07. The molecule has 40 heavy (non-hydrogen) atoms. The summed E-state index contributed by atoms with van der Waals surface area (Å²) in [6, 6.07) is 21.7. The Kier molecular flexibility index (Phi) is 7.85. The Labute approximate surface area is 234 Å². The third-order valence-electron chi connectivity index (χ3n) is 7.36. The lowest BCUT2D eigenvalue weighted by Gasteiger charge is -2.29. The molecular weight excluding hydrogens is 504 g/mol. The quantitative estimate of drug-likeness (QED) is 0.353. The van der Waals surface area contributed by atoms with Crippen LogP contribution in [0.2, 0.25) is 0 Å². The predicted molar refractivity (Wildman–Crippen MR) is 158 cm³/mol. The summed E-state index contributed by atoms with van der Waals surface area (Å²) in [6.07, 6.45) is 0. The van der Waals surface area contributed by atoms with Gasteiger partial charge in [0.2, 0.25) is 5.95 Å². The van der Waals surface area contributed by atoms with Gasteiger partial charge in [0.25, 0.3) is 5.91 Å². The van der Waals surface area contributed by atoms with Gasteiger partial charge in [-0.3, -0.25) is 9.69 Å². The molecule has 0 spiro atoms. The highest BCUT2D eigenvalue weighted by Crippen LogP contribution is 2.27. The molecule has 0 saturated carbocycles. The second kappa shape index (κ2) is 12.0. The van der Waals surface area contributed by atoms with E-state index in [1.165, 1.54) is 5.56 Å². The summed E-state index contributed by atoms with van der Waals surface area (Å²) in [6.45, 7) is 9.19. The van der Waals surface area contributed by atoms with Crippen LogP contribution in [0.3, 0.4) is 0 Å². The number of amides is 1. The summed E-state index contributed by atoms with van der Waals surface area (Å²) in [7, 11) is 0. The van der Waals surface area contributed by atoms with Crippen molar-refractivity contribution in [2.24, 2.45) is 0 Å². The van der Waals surface area contributed by atoms with Crippen molar-refractivity contribution < 1.29 is 14.3 Å². The van der Waals surface area contributed by atoms with Crippen LogP contribution in [0.5, 0.6) is 0 Å². The molecule has 2 saturated heterocycles. The number of carbonyl (C=O) groups excluding carboxylic acids is 1. The van der Waals surface area contributed by atoms with Gasteiger partial charge in [-0.05, 0) is 60.5 Å². The van der Waals surface area contributed by atoms with Crippen molar-refractivity contribution in [3.63, 3.8) is 0 Å². The smallest absolute Gasteiger partial charge is 0.255 e. The zero-order valence-corrected chi connectivity index (χ0v) is 22.7. The summed E-state index contributed by atoms with van der Waals surface area (Å²) in [5.41, 5.74) is 5.30. The molecule has 0 bridgehead atoms. The highest BCUT2D eigenvalue weighted by atomic mass is 16.5. The highest BCUT2D eigenvalue weighted by molar-refractivity contribution is 6.05.